The van der Waals surface area contributed by atoms with Crippen LogP contribution >= 0.6 is 0 Å². The Bertz CT molecular complexity index is 228. The quantitative estimate of drug-likeness (QED) is 0.524. The standard InChI is InChI=1S/C6H9N3O3/c10-5(7-6(11)12)9-4-1-2-8(9)3-4/h4H,1-3H2,(H,7,10)(H,11,12). The molecule has 6 heteroatoms. The van der Waals surface area contributed by atoms with Crippen LogP contribution in [0, 0.1) is 0 Å². The van der Waals surface area contributed by atoms with Crippen molar-refractivity contribution in [1.82, 2.24) is 15.3 Å². The van der Waals surface area contributed by atoms with Crippen molar-refractivity contribution in [2.24, 2.45) is 0 Å². The highest BCUT2D eigenvalue weighted by Crippen LogP contribution is 2.29. The maximum atomic E-state index is 11.1. The number of fused-ring (bicyclic) bond motifs is 1. The smallest absolute Gasteiger partial charge is 0.412 e. The molecular weight excluding hydrogens is 162 g/mol. The molecule has 0 spiro atoms. The summed E-state index contributed by atoms with van der Waals surface area (Å²) in [5.74, 6) is 0. The van der Waals surface area contributed by atoms with Crippen LogP contribution in [-0.2, 0) is 0 Å². The fourth-order valence-corrected chi connectivity index (χ4v) is 1.70. The van der Waals surface area contributed by atoms with E-state index < -0.39 is 12.1 Å². The highest BCUT2D eigenvalue weighted by molar-refractivity contribution is 5.90. The average molecular weight is 171 g/mol. The van der Waals surface area contributed by atoms with Gasteiger partial charge in [-0.05, 0) is 6.42 Å². The minimum Gasteiger partial charge on any atom is -0.465 e. The number of urea groups is 1. The van der Waals surface area contributed by atoms with Crippen molar-refractivity contribution >= 4 is 12.1 Å². The molecule has 2 unspecified atom stereocenters. The van der Waals surface area contributed by atoms with E-state index in [1.54, 1.807) is 0 Å². The topological polar surface area (TPSA) is 72.9 Å². The van der Waals surface area contributed by atoms with Gasteiger partial charge in [-0.3, -0.25) is 5.01 Å². The summed E-state index contributed by atoms with van der Waals surface area (Å²) in [7, 11) is 0. The summed E-state index contributed by atoms with van der Waals surface area (Å²) in [6.45, 7) is 1.74. The number of rotatable bonds is 0. The number of amides is 3. The van der Waals surface area contributed by atoms with E-state index in [0.717, 1.165) is 19.5 Å². The summed E-state index contributed by atoms with van der Waals surface area (Å²) >= 11 is 0. The summed E-state index contributed by atoms with van der Waals surface area (Å²) in [5.41, 5.74) is 0. The number of nitrogens with one attached hydrogen (secondary N) is 1. The summed E-state index contributed by atoms with van der Waals surface area (Å²) in [4.78, 5) is 21.2. The number of hydrogen-bond donors (Lipinski definition) is 2. The SMILES string of the molecule is O=C(O)NC(=O)N1C2CCN1C2. The molecule has 2 bridgehead atoms. The first kappa shape index (κ1) is 7.35. The number of imide groups is 1. The molecule has 0 aromatic carbocycles. The molecule has 0 aliphatic carbocycles. The Morgan fingerprint density at radius 2 is 2.25 bits per heavy atom. The fraction of sp³-hybridized carbons (Fsp3) is 0.667. The van der Waals surface area contributed by atoms with Crippen molar-refractivity contribution in [2.75, 3.05) is 13.1 Å². The molecule has 2 atom stereocenters. The Morgan fingerprint density at radius 1 is 1.50 bits per heavy atom. The molecule has 66 valence electrons. The highest BCUT2D eigenvalue weighted by Gasteiger charge is 2.46. The molecule has 2 N–H and O–H groups in total. The van der Waals surface area contributed by atoms with Gasteiger partial charge in [0.05, 0.1) is 6.04 Å². The van der Waals surface area contributed by atoms with Crippen LogP contribution < -0.4 is 5.32 Å². The third kappa shape index (κ3) is 0.918. The van der Waals surface area contributed by atoms with Gasteiger partial charge in [0.1, 0.15) is 0 Å². The predicted molar refractivity (Wildman–Crippen MR) is 38.4 cm³/mol. The lowest BCUT2D eigenvalue weighted by Crippen LogP contribution is -2.62. The van der Waals surface area contributed by atoms with Gasteiger partial charge in [-0.25, -0.2) is 19.9 Å². The molecule has 0 radical (unpaired) electrons. The lowest BCUT2D eigenvalue weighted by molar-refractivity contribution is -0.0530. The highest BCUT2D eigenvalue weighted by atomic mass is 16.4. The zero-order chi connectivity index (χ0) is 8.72. The van der Waals surface area contributed by atoms with Crippen molar-refractivity contribution < 1.29 is 14.7 Å². The number of carbonyl (C=O) groups excluding carboxylic acids is 1. The minimum atomic E-state index is -1.30. The molecule has 0 saturated carbocycles. The van der Waals surface area contributed by atoms with Crippen LogP contribution in [0.25, 0.3) is 0 Å². The third-order valence-electron chi connectivity index (χ3n) is 2.21. The molecule has 12 heavy (non-hydrogen) atoms. The van der Waals surface area contributed by atoms with Gasteiger partial charge < -0.3 is 5.11 Å². The number of carbonyl (C=O) groups is 2. The van der Waals surface area contributed by atoms with Gasteiger partial charge >= 0.3 is 12.1 Å². The second-order valence-electron chi connectivity index (χ2n) is 2.94. The normalized spacial score (nSPS) is 31.2. The Labute approximate surface area is 68.7 Å². The zero-order valence-electron chi connectivity index (χ0n) is 6.36. The first-order chi connectivity index (χ1) is 5.68. The van der Waals surface area contributed by atoms with Gasteiger partial charge in [-0.2, -0.15) is 0 Å². The molecule has 0 aromatic rings. The van der Waals surface area contributed by atoms with E-state index in [1.165, 1.54) is 5.01 Å². The zero-order valence-corrected chi connectivity index (χ0v) is 6.36. The van der Waals surface area contributed by atoms with E-state index in [-0.39, 0.29) is 6.04 Å². The Balaban J connectivity index is 1.93. The van der Waals surface area contributed by atoms with Gasteiger partial charge in [-0.15, -0.1) is 0 Å². The molecule has 3 rings (SSSR count). The molecule has 3 aliphatic rings. The summed E-state index contributed by atoms with van der Waals surface area (Å²) in [6, 6.07) is -0.305. The molecule has 3 fully saturated rings. The largest absolute Gasteiger partial charge is 0.465 e. The van der Waals surface area contributed by atoms with E-state index >= 15 is 0 Å². The molecule has 0 aromatic heterocycles. The lowest BCUT2D eigenvalue weighted by atomic mass is 10.2. The third-order valence-corrected chi connectivity index (χ3v) is 2.21. The number of nitrogens with zero attached hydrogens (tertiary/aromatic N) is 2. The van der Waals surface area contributed by atoms with E-state index in [4.69, 9.17) is 5.11 Å². The maximum absolute atomic E-state index is 11.1. The molecule has 6 nitrogen and oxygen atoms in total. The van der Waals surface area contributed by atoms with Gasteiger partial charge in [0.15, 0.2) is 0 Å². The van der Waals surface area contributed by atoms with Crippen LogP contribution in [0.4, 0.5) is 9.59 Å². The second kappa shape index (κ2) is 2.34. The summed E-state index contributed by atoms with van der Waals surface area (Å²) < 4.78 is 0. The van der Waals surface area contributed by atoms with Crippen LogP contribution in [0.5, 0.6) is 0 Å². The average Bonchev–Trinajstić information content (AvgIpc) is 2.39. The summed E-state index contributed by atoms with van der Waals surface area (Å²) in [6.07, 6.45) is -0.347. The van der Waals surface area contributed by atoms with Gasteiger partial charge in [0, 0.05) is 13.1 Å². The fourth-order valence-electron chi connectivity index (χ4n) is 1.70. The van der Waals surface area contributed by atoms with Crippen LogP contribution in [0.1, 0.15) is 6.42 Å². The molecule has 3 heterocycles. The lowest BCUT2D eigenvalue weighted by Gasteiger charge is -2.41. The van der Waals surface area contributed by atoms with E-state index in [9.17, 15) is 9.59 Å². The molecular formula is C6H9N3O3. The number of hydrazine groups is 1. The Kier molecular flexibility index (Phi) is 1.44. The first-order valence-electron chi connectivity index (χ1n) is 3.76. The minimum absolute atomic E-state index is 0.226. The molecule has 3 amide bonds. The van der Waals surface area contributed by atoms with Gasteiger partial charge in [0.25, 0.3) is 0 Å². The number of hydrogen-bond acceptors (Lipinski definition) is 3. The van der Waals surface area contributed by atoms with E-state index in [0.29, 0.717) is 0 Å². The van der Waals surface area contributed by atoms with Gasteiger partial charge in [-0.1, -0.05) is 0 Å². The predicted octanol–water partition coefficient (Wildman–Crippen LogP) is -0.321. The summed E-state index contributed by atoms with van der Waals surface area (Å²) in [5, 5.41) is 13.4. The maximum Gasteiger partial charge on any atom is 0.412 e. The van der Waals surface area contributed by atoms with Crippen LogP contribution in [0.15, 0.2) is 0 Å². The number of carboxylic acid groups (broad SMARTS) is 1. The molecule has 3 saturated heterocycles. The van der Waals surface area contributed by atoms with Crippen molar-refractivity contribution in [3.05, 3.63) is 0 Å². The Morgan fingerprint density at radius 3 is 2.67 bits per heavy atom. The van der Waals surface area contributed by atoms with Crippen molar-refractivity contribution in [3.8, 4) is 0 Å². The van der Waals surface area contributed by atoms with Gasteiger partial charge in [0.2, 0.25) is 0 Å². The second-order valence-corrected chi connectivity index (χ2v) is 2.94. The Hall–Kier alpha value is -1.30. The van der Waals surface area contributed by atoms with Crippen LogP contribution in [0.3, 0.4) is 0 Å². The van der Waals surface area contributed by atoms with Crippen molar-refractivity contribution in [3.63, 3.8) is 0 Å². The first-order valence-corrected chi connectivity index (χ1v) is 3.76. The van der Waals surface area contributed by atoms with Crippen LogP contribution in [-0.4, -0.2) is 46.4 Å². The van der Waals surface area contributed by atoms with Crippen molar-refractivity contribution in [1.29, 1.82) is 0 Å². The van der Waals surface area contributed by atoms with E-state index in [2.05, 4.69) is 0 Å². The van der Waals surface area contributed by atoms with Crippen molar-refractivity contribution in [2.45, 2.75) is 12.5 Å². The monoisotopic (exact) mass is 171 g/mol. The van der Waals surface area contributed by atoms with Crippen LogP contribution in [0.2, 0.25) is 0 Å². The molecule has 3 aliphatic heterocycles. The van der Waals surface area contributed by atoms with E-state index in [1.807, 2.05) is 10.3 Å².